The predicted molar refractivity (Wildman–Crippen MR) is 89.6 cm³/mol. The van der Waals surface area contributed by atoms with Gasteiger partial charge in [0, 0.05) is 29.5 Å². The molecule has 0 radical (unpaired) electrons. The van der Waals surface area contributed by atoms with Crippen molar-refractivity contribution < 1.29 is 4.48 Å². The van der Waals surface area contributed by atoms with E-state index >= 15 is 0 Å². The highest BCUT2D eigenvalue weighted by Crippen LogP contribution is 2.38. The largest absolute Gasteiger partial charge is 0.330 e. The fourth-order valence-corrected chi connectivity index (χ4v) is 4.84. The molecule has 4 heteroatoms. The lowest BCUT2D eigenvalue weighted by Crippen LogP contribution is -2.52. The van der Waals surface area contributed by atoms with Crippen molar-refractivity contribution in [1.29, 1.82) is 0 Å². The highest BCUT2D eigenvalue weighted by atomic mass is 35.5. The number of hydrogen-bond donors (Lipinski definition) is 1. The van der Waals surface area contributed by atoms with E-state index in [0.29, 0.717) is 5.92 Å². The molecular formula is C17H25Cl2N2+. The van der Waals surface area contributed by atoms with E-state index < -0.39 is 0 Å². The Labute approximate surface area is 137 Å². The van der Waals surface area contributed by atoms with Crippen LogP contribution in [0.3, 0.4) is 0 Å². The zero-order chi connectivity index (χ0) is 14.9. The van der Waals surface area contributed by atoms with Gasteiger partial charge in [-0.2, -0.15) is 0 Å². The number of benzene rings is 1. The minimum atomic E-state index is 0.677. The molecule has 2 atom stereocenters. The molecule has 2 nitrogen and oxygen atoms in total. The van der Waals surface area contributed by atoms with E-state index in [-0.39, 0.29) is 0 Å². The van der Waals surface area contributed by atoms with E-state index in [1.807, 2.05) is 12.1 Å². The summed E-state index contributed by atoms with van der Waals surface area (Å²) in [6.45, 7) is 4.34. The van der Waals surface area contributed by atoms with Gasteiger partial charge in [-0.05, 0) is 37.8 Å². The normalized spacial score (nSPS) is 30.1. The SMILES string of the molecule is NC[C@@H]1CC[N+](Cc2ccc(Cl)cc2Cl)(C2CCCC2)C1. The van der Waals surface area contributed by atoms with E-state index in [1.54, 1.807) is 0 Å². The van der Waals surface area contributed by atoms with Crippen molar-refractivity contribution in [2.75, 3.05) is 19.6 Å². The van der Waals surface area contributed by atoms with Crippen molar-refractivity contribution in [3.63, 3.8) is 0 Å². The number of halogens is 2. The molecular weight excluding hydrogens is 303 g/mol. The second-order valence-electron chi connectivity index (χ2n) is 6.85. The quantitative estimate of drug-likeness (QED) is 0.823. The van der Waals surface area contributed by atoms with Crippen molar-refractivity contribution >= 4 is 23.2 Å². The van der Waals surface area contributed by atoms with E-state index in [4.69, 9.17) is 28.9 Å². The molecule has 2 aliphatic rings. The number of hydrogen-bond acceptors (Lipinski definition) is 1. The molecule has 0 amide bonds. The lowest BCUT2D eigenvalue weighted by molar-refractivity contribution is -0.953. The van der Waals surface area contributed by atoms with E-state index in [2.05, 4.69) is 6.07 Å². The zero-order valence-electron chi connectivity index (χ0n) is 12.5. The van der Waals surface area contributed by atoms with Crippen LogP contribution in [0.4, 0.5) is 0 Å². The Kier molecular flexibility index (Phi) is 4.80. The lowest BCUT2D eigenvalue weighted by atomic mass is 10.1. The minimum Gasteiger partial charge on any atom is -0.330 e. The van der Waals surface area contributed by atoms with E-state index in [9.17, 15) is 0 Å². The fraction of sp³-hybridized carbons (Fsp3) is 0.647. The molecule has 1 aromatic rings. The Hall–Kier alpha value is -0.280. The van der Waals surface area contributed by atoms with Crippen LogP contribution in [-0.4, -0.2) is 30.2 Å². The Morgan fingerprint density at radius 1 is 1.14 bits per heavy atom. The number of nitrogens with two attached hydrogens (primary N) is 1. The van der Waals surface area contributed by atoms with Crippen molar-refractivity contribution in [3.8, 4) is 0 Å². The fourth-order valence-electron chi connectivity index (χ4n) is 4.37. The molecule has 21 heavy (non-hydrogen) atoms. The Morgan fingerprint density at radius 3 is 2.52 bits per heavy atom. The van der Waals surface area contributed by atoms with Gasteiger partial charge in [0.15, 0.2) is 0 Å². The topological polar surface area (TPSA) is 26.0 Å². The maximum atomic E-state index is 6.43. The number of nitrogens with zero attached hydrogens (tertiary/aromatic N) is 1. The maximum Gasteiger partial charge on any atom is 0.106 e. The van der Waals surface area contributed by atoms with Crippen LogP contribution in [0.15, 0.2) is 18.2 Å². The highest BCUT2D eigenvalue weighted by molar-refractivity contribution is 6.35. The molecule has 0 spiro atoms. The standard InChI is InChI=1S/C17H25Cl2N2/c18-15-6-5-14(17(19)9-15)12-21(16-3-1-2-4-16)8-7-13(10-20)11-21/h5-6,9,13,16H,1-4,7-8,10-12,20H2/q+1/t13-,21?/m0/s1. The molecule has 3 rings (SSSR count). The van der Waals surface area contributed by atoms with Crippen LogP contribution in [0.1, 0.15) is 37.7 Å². The molecule has 2 N–H and O–H groups in total. The van der Waals surface area contributed by atoms with Gasteiger partial charge in [0.1, 0.15) is 6.54 Å². The van der Waals surface area contributed by atoms with E-state index in [0.717, 1.165) is 29.2 Å². The highest BCUT2D eigenvalue weighted by Gasteiger charge is 2.44. The second-order valence-corrected chi connectivity index (χ2v) is 7.69. The first kappa shape index (κ1) is 15.6. The molecule has 1 heterocycles. The van der Waals surface area contributed by atoms with Gasteiger partial charge in [0.2, 0.25) is 0 Å². The molecule has 0 aromatic heterocycles. The van der Waals surface area contributed by atoms with Crippen LogP contribution in [0, 0.1) is 5.92 Å². The first-order valence-electron chi connectivity index (χ1n) is 8.13. The van der Waals surface area contributed by atoms with Gasteiger partial charge in [-0.1, -0.05) is 29.3 Å². The summed E-state index contributed by atoms with van der Waals surface area (Å²) >= 11 is 12.5. The van der Waals surface area contributed by atoms with Gasteiger partial charge >= 0.3 is 0 Å². The van der Waals surface area contributed by atoms with Gasteiger partial charge in [0.25, 0.3) is 0 Å². The third-order valence-electron chi connectivity index (χ3n) is 5.54. The molecule has 1 unspecified atom stereocenters. The first-order valence-corrected chi connectivity index (χ1v) is 8.88. The third-order valence-corrected chi connectivity index (χ3v) is 6.12. The smallest absolute Gasteiger partial charge is 0.106 e. The van der Waals surface area contributed by atoms with Gasteiger partial charge in [-0.3, -0.25) is 0 Å². The number of likely N-dealkylation sites (tertiary alicyclic amines) is 1. The third kappa shape index (κ3) is 3.24. The first-order chi connectivity index (χ1) is 10.1. The maximum absolute atomic E-state index is 6.43. The summed E-state index contributed by atoms with van der Waals surface area (Å²) in [5.41, 5.74) is 7.18. The minimum absolute atomic E-state index is 0.677. The van der Waals surface area contributed by atoms with Crippen LogP contribution in [0.25, 0.3) is 0 Å². The molecule has 1 aliphatic carbocycles. The van der Waals surface area contributed by atoms with Crippen molar-refractivity contribution in [2.45, 2.75) is 44.7 Å². The van der Waals surface area contributed by atoms with Gasteiger partial charge in [-0.15, -0.1) is 0 Å². The molecule has 2 fully saturated rings. The summed E-state index contributed by atoms with van der Waals surface area (Å²) in [5, 5.41) is 1.53. The van der Waals surface area contributed by atoms with Crippen LogP contribution in [0.5, 0.6) is 0 Å². The Morgan fingerprint density at radius 2 is 1.90 bits per heavy atom. The summed E-state index contributed by atoms with van der Waals surface area (Å²) in [4.78, 5) is 0. The molecule has 1 aliphatic heterocycles. The molecule has 1 saturated carbocycles. The monoisotopic (exact) mass is 327 g/mol. The molecule has 1 saturated heterocycles. The average molecular weight is 328 g/mol. The van der Waals surface area contributed by atoms with Gasteiger partial charge in [-0.25, -0.2) is 0 Å². The lowest BCUT2D eigenvalue weighted by Gasteiger charge is -2.41. The summed E-state index contributed by atoms with van der Waals surface area (Å²) in [6, 6.07) is 6.74. The second kappa shape index (κ2) is 6.45. The average Bonchev–Trinajstić information content (AvgIpc) is 3.12. The van der Waals surface area contributed by atoms with Crippen LogP contribution < -0.4 is 5.73 Å². The Bertz CT molecular complexity index is 500. The van der Waals surface area contributed by atoms with Gasteiger partial charge in [0.05, 0.1) is 24.2 Å². The Balaban J connectivity index is 1.85. The predicted octanol–water partition coefficient (Wildman–Crippen LogP) is 4.23. The summed E-state index contributed by atoms with van der Waals surface area (Å²) in [5.74, 6) is 0.677. The van der Waals surface area contributed by atoms with Crippen molar-refractivity contribution in [2.24, 2.45) is 11.7 Å². The molecule has 1 aromatic carbocycles. The summed E-state index contributed by atoms with van der Waals surface area (Å²) < 4.78 is 1.20. The summed E-state index contributed by atoms with van der Waals surface area (Å²) in [6.07, 6.45) is 6.75. The van der Waals surface area contributed by atoms with Crippen LogP contribution in [-0.2, 0) is 6.54 Å². The van der Waals surface area contributed by atoms with Crippen molar-refractivity contribution in [3.05, 3.63) is 33.8 Å². The molecule has 116 valence electrons. The van der Waals surface area contributed by atoms with Crippen LogP contribution in [0.2, 0.25) is 10.0 Å². The molecule has 0 bridgehead atoms. The van der Waals surface area contributed by atoms with E-state index in [1.165, 1.54) is 55.2 Å². The van der Waals surface area contributed by atoms with Crippen molar-refractivity contribution in [1.82, 2.24) is 0 Å². The summed E-state index contributed by atoms with van der Waals surface area (Å²) in [7, 11) is 0. The van der Waals surface area contributed by atoms with Gasteiger partial charge < -0.3 is 10.2 Å². The van der Waals surface area contributed by atoms with Crippen LogP contribution >= 0.6 is 23.2 Å². The number of quaternary nitrogens is 1. The zero-order valence-corrected chi connectivity index (χ0v) is 14.0. The number of rotatable bonds is 4.